The summed E-state index contributed by atoms with van der Waals surface area (Å²) in [6.07, 6.45) is 0.867. The number of amides is 3. The largest absolute Gasteiger partial charge is 0.445 e. The zero-order chi connectivity index (χ0) is 26.7. The minimum absolute atomic E-state index is 0.0168. The van der Waals surface area contributed by atoms with Gasteiger partial charge in [-0.25, -0.2) is 4.79 Å². The number of carbonyl (C=O) groups is 4. The van der Waals surface area contributed by atoms with E-state index >= 15 is 0 Å². The molecule has 6 atom stereocenters. The molecule has 10 nitrogen and oxygen atoms in total. The van der Waals surface area contributed by atoms with Gasteiger partial charge in [-0.2, -0.15) is 0 Å². The Kier molecular flexibility index (Phi) is 8.06. The second-order valence-electron chi connectivity index (χ2n) is 11.1. The molecular weight excluding hydrogens is 478 g/mol. The predicted molar refractivity (Wildman–Crippen MR) is 133 cm³/mol. The lowest BCUT2D eigenvalue weighted by molar-refractivity contribution is -0.165. The first-order valence-electron chi connectivity index (χ1n) is 13.0. The van der Waals surface area contributed by atoms with Crippen LogP contribution in [0.25, 0.3) is 0 Å². The highest BCUT2D eigenvalue weighted by Gasteiger charge is 2.54. The summed E-state index contributed by atoms with van der Waals surface area (Å²) in [6, 6.07) is 7.03. The molecule has 1 unspecified atom stereocenters. The molecule has 1 aromatic rings. The van der Waals surface area contributed by atoms with E-state index < -0.39 is 41.9 Å². The summed E-state index contributed by atoms with van der Waals surface area (Å²) in [6.45, 7) is 7.80. The number of hydrogen-bond acceptors (Lipinski definition) is 7. The van der Waals surface area contributed by atoms with Crippen molar-refractivity contribution in [1.82, 2.24) is 15.5 Å². The summed E-state index contributed by atoms with van der Waals surface area (Å²) in [5.41, 5.74) is 0.210. The molecule has 0 aromatic heterocycles. The number of esters is 1. The third-order valence-electron chi connectivity index (χ3n) is 7.32. The highest BCUT2D eigenvalue weighted by Crippen LogP contribution is 2.43. The summed E-state index contributed by atoms with van der Waals surface area (Å²) in [5.74, 6) is -1.05. The molecule has 202 valence electrons. The number of alkyl carbamates (subject to hydrolysis) is 1. The van der Waals surface area contributed by atoms with Gasteiger partial charge in [0.25, 0.3) is 0 Å². The lowest BCUT2D eigenvalue weighted by Crippen LogP contribution is -2.62. The maximum Gasteiger partial charge on any atom is 0.408 e. The molecule has 37 heavy (non-hydrogen) atoms. The number of nitrogens with zero attached hydrogens (tertiary/aromatic N) is 1. The van der Waals surface area contributed by atoms with E-state index in [-0.39, 0.29) is 36.8 Å². The number of ether oxygens (including phenoxy) is 3. The molecule has 3 amide bonds. The lowest BCUT2D eigenvalue weighted by Gasteiger charge is -2.40. The molecule has 2 aliphatic heterocycles. The first-order chi connectivity index (χ1) is 17.6. The van der Waals surface area contributed by atoms with Gasteiger partial charge in [0, 0.05) is 12.6 Å². The first-order valence-corrected chi connectivity index (χ1v) is 13.0. The summed E-state index contributed by atoms with van der Waals surface area (Å²) in [4.78, 5) is 53.6. The Bertz CT molecular complexity index is 1010. The van der Waals surface area contributed by atoms with E-state index in [4.69, 9.17) is 14.2 Å². The molecule has 0 spiro atoms. The van der Waals surface area contributed by atoms with Gasteiger partial charge in [-0.05, 0) is 43.1 Å². The number of cyclic esters (lactones) is 1. The van der Waals surface area contributed by atoms with Gasteiger partial charge in [-0.3, -0.25) is 14.4 Å². The topological polar surface area (TPSA) is 123 Å². The van der Waals surface area contributed by atoms with Gasteiger partial charge < -0.3 is 29.7 Å². The van der Waals surface area contributed by atoms with Crippen LogP contribution in [-0.2, 0) is 35.2 Å². The quantitative estimate of drug-likeness (QED) is 0.510. The number of rotatable bonds is 8. The van der Waals surface area contributed by atoms with Gasteiger partial charge in [0.1, 0.15) is 24.7 Å². The highest BCUT2D eigenvalue weighted by molar-refractivity contribution is 5.93. The van der Waals surface area contributed by atoms with Crippen molar-refractivity contribution in [2.75, 3.05) is 6.61 Å². The fourth-order valence-corrected chi connectivity index (χ4v) is 5.56. The van der Waals surface area contributed by atoms with Crippen LogP contribution in [0.2, 0.25) is 0 Å². The second kappa shape index (κ2) is 11.1. The lowest BCUT2D eigenvalue weighted by atomic mass is 9.85. The Morgan fingerprint density at radius 1 is 1.16 bits per heavy atom. The number of piperidine rings is 1. The highest BCUT2D eigenvalue weighted by atomic mass is 16.7. The van der Waals surface area contributed by atoms with E-state index in [0.29, 0.717) is 6.61 Å². The van der Waals surface area contributed by atoms with E-state index in [0.717, 1.165) is 24.8 Å². The van der Waals surface area contributed by atoms with Crippen molar-refractivity contribution in [3.8, 4) is 0 Å². The zero-order valence-corrected chi connectivity index (χ0v) is 21.9. The number of hydrogen-bond donors (Lipinski definition) is 2. The monoisotopic (exact) mass is 515 g/mol. The van der Waals surface area contributed by atoms with Crippen molar-refractivity contribution in [2.24, 2.45) is 11.3 Å². The molecule has 2 bridgehead atoms. The average molecular weight is 516 g/mol. The van der Waals surface area contributed by atoms with Crippen LogP contribution < -0.4 is 10.6 Å². The van der Waals surface area contributed by atoms with Crippen LogP contribution in [0.15, 0.2) is 30.3 Å². The fourth-order valence-electron chi connectivity index (χ4n) is 5.56. The number of fused-ring (bicyclic) bond motifs is 2. The van der Waals surface area contributed by atoms with Gasteiger partial charge in [-0.1, -0.05) is 51.1 Å². The smallest absolute Gasteiger partial charge is 0.408 e. The second-order valence-corrected chi connectivity index (χ2v) is 11.1. The molecule has 0 radical (unpaired) electrons. The summed E-state index contributed by atoms with van der Waals surface area (Å²) < 4.78 is 16.0. The third kappa shape index (κ3) is 6.06. The Morgan fingerprint density at radius 2 is 1.89 bits per heavy atom. The maximum atomic E-state index is 13.9. The van der Waals surface area contributed by atoms with Crippen molar-refractivity contribution in [2.45, 2.75) is 90.4 Å². The normalized spacial score (nSPS) is 27.5. The zero-order valence-electron chi connectivity index (χ0n) is 21.9. The van der Waals surface area contributed by atoms with Crippen LogP contribution in [0.5, 0.6) is 0 Å². The Balaban J connectivity index is 1.46. The van der Waals surface area contributed by atoms with Crippen LogP contribution in [0.4, 0.5) is 4.79 Å². The van der Waals surface area contributed by atoms with E-state index in [2.05, 4.69) is 10.6 Å². The SMILES string of the molecule is CCO[C@@H]1OC(=O)CC1NC(=O)[C@@H]1[C@H]2CC[C@@H](C2)N1C(=O)[C@@H](NC(=O)OCc1ccccc1)C(C)(C)C. The molecule has 1 aliphatic carbocycles. The fraction of sp³-hybridized carbons (Fsp3) is 0.630. The van der Waals surface area contributed by atoms with Gasteiger partial charge in [0.2, 0.25) is 18.1 Å². The van der Waals surface area contributed by atoms with E-state index in [1.165, 1.54) is 0 Å². The van der Waals surface area contributed by atoms with Crippen molar-refractivity contribution >= 4 is 23.9 Å². The number of carbonyl (C=O) groups excluding carboxylic acids is 4. The minimum Gasteiger partial charge on any atom is -0.445 e. The van der Waals surface area contributed by atoms with Gasteiger partial charge in [0.15, 0.2) is 0 Å². The molecule has 3 fully saturated rings. The van der Waals surface area contributed by atoms with Crippen LogP contribution in [-0.4, -0.2) is 65.8 Å². The summed E-state index contributed by atoms with van der Waals surface area (Å²) >= 11 is 0. The van der Waals surface area contributed by atoms with Crippen LogP contribution in [0, 0.1) is 11.3 Å². The standard InChI is InChI=1S/C27H37N3O7/c1-5-35-25-19(14-20(31)37-25)28-23(32)21-17-11-12-18(13-17)30(21)24(33)22(27(2,3)4)29-26(34)36-15-16-9-7-6-8-10-16/h6-10,17-19,21-22,25H,5,11-15H2,1-4H3,(H,28,32)(H,29,34)/t17-,18-,19?,21-,22+,25+/m0/s1. The van der Waals surface area contributed by atoms with E-state index in [9.17, 15) is 19.2 Å². The van der Waals surface area contributed by atoms with Gasteiger partial charge in [-0.15, -0.1) is 0 Å². The molecule has 3 aliphatic rings. The molecule has 10 heteroatoms. The van der Waals surface area contributed by atoms with Crippen LogP contribution >= 0.6 is 0 Å². The number of nitrogens with one attached hydrogen (secondary N) is 2. The van der Waals surface area contributed by atoms with E-state index in [1.54, 1.807) is 11.8 Å². The molecule has 1 saturated carbocycles. The Morgan fingerprint density at radius 3 is 2.57 bits per heavy atom. The Hall–Kier alpha value is -3.14. The molecule has 2 N–H and O–H groups in total. The van der Waals surface area contributed by atoms with Gasteiger partial charge >= 0.3 is 12.1 Å². The van der Waals surface area contributed by atoms with Crippen molar-refractivity contribution in [3.63, 3.8) is 0 Å². The Labute approximate surface area is 217 Å². The molecule has 2 saturated heterocycles. The molecule has 2 heterocycles. The third-order valence-corrected chi connectivity index (χ3v) is 7.32. The first kappa shape index (κ1) is 26.9. The average Bonchev–Trinajstić information content (AvgIpc) is 3.56. The van der Waals surface area contributed by atoms with Crippen molar-refractivity contribution in [1.29, 1.82) is 0 Å². The summed E-state index contributed by atoms with van der Waals surface area (Å²) in [7, 11) is 0. The van der Waals surface area contributed by atoms with E-state index in [1.807, 2.05) is 51.1 Å². The molecule has 1 aromatic carbocycles. The summed E-state index contributed by atoms with van der Waals surface area (Å²) in [5, 5.41) is 5.65. The van der Waals surface area contributed by atoms with Crippen LogP contribution in [0.3, 0.4) is 0 Å². The minimum atomic E-state index is -0.891. The van der Waals surface area contributed by atoms with Crippen LogP contribution in [0.1, 0.15) is 58.9 Å². The van der Waals surface area contributed by atoms with Crippen molar-refractivity contribution < 1.29 is 33.4 Å². The number of likely N-dealkylation sites (tertiary alicyclic amines) is 1. The predicted octanol–water partition coefficient (Wildman–Crippen LogP) is 2.50. The number of benzene rings is 1. The maximum absolute atomic E-state index is 13.9. The molecule has 4 rings (SSSR count). The van der Waals surface area contributed by atoms with Crippen molar-refractivity contribution in [3.05, 3.63) is 35.9 Å². The van der Waals surface area contributed by atoms with Gasteiger partial charge in [0.05, 0.1) is 6.42 Å². The molecular formula is C27H37N3O7.